The molecule has 0 aliphatic heterocycles. The molecule has 1 nitrogen and oxygen atoms in total. The number of benzene rings is 1. The third kappa shape index (κ3) is 2.02. The van der Waals surface area contributed by atoms with E-state index in [-0.39, 0.29) is 5.75 Å². The molecule has 0 spiro atoms. The lowest BCUT2D eigenvalue weighted by Crippen LogP contribution is -1.78. The number of phenolic OH excluding ortho intramolecular Hbond substituents is 1. The first kappa shape index (κ1) is 10.2. The molecule has 1 aromatic carbocycles. The molecule has 1 N–H and O–H groups in total. The molecule has 3 heteroatoms. The van der Waals surface area contributed by atoms with Crippen molar-refractivity contribution in [3.05, 3.63) is 41.0 Å². The van der Waals surface area contributed by atoms with Crippen LogP contribution in [0.1, 0.15) is 12.5 Å². The molecule has 0 aliphatic rings. The smallest absolute Gasteiger partial charge is 0.165 e. The molecule has 2 aromatic rings. The van der Waals surface area contributed by atoms with Gasteiger partial charge in [0.25, 0.3) is 0 Å². The van der Waals surface area contributed by atoms with Crippen molar-refractivity contribution < 1.29 is 9.50 Å². The Morgan fingerprint density at radius 3 is 2.73 bits per heavy atom. The summed E-state index contributed by atoms with van der Waals surface area (Å²) in [5, 5.41) is 11.1. The van der Waals surface area contributed by atoms with Gasteiger partial charge in [-0.05, 0) is 47.2 Å². The highest BCUT2D eigenvalue weighted by molar-refractivity contribution is 7.13. The van der Waals surface area contributed by atoms with E-state index in [0.717, 1.165) is 16.9 Å². The maximum absolute atomic E-state index is 13.1. The van der Waals surface area contributed by atoms with E-state index in [1.165, 1.54) is 17.7 Å². The molecule has 0 unspecified atom stereocenters. The van der Waals surface area contributed by atoms with Crippen molar-refractivity contribution in [2.45, 2.75) is 13.3 Å². The first-order valence-electron chi connectivity index (χ1n) is 4.77. The van der Waals surface area contributed by atoms with Gasteiger partial charge < -0.3 is 5.11 Å². The van der Waals surface area contributed by atoms with Crippen LogP contribution in [0.2, 0.25) is 0 Å². The van der Waals surface area contributed by atoms with Crippen LogP contribution in [-0.4, -0.2) is 5.11 Å². The summed E-state index contributed by atoms with van der Waals surface area (Å²) in [7, 11) is 0. The van der Waals surface area contributed by atoms with E-state index in [4.69, 9.17) is 5.11 Å². The fraction of sp³-hybridized carbons (Fsp3) is 0.167. The molecule has 0 bridgehead atoms. The second kappa shape index (κ2) is 4.03. The summed E-state index contributed by atoms with van der Waals surface area (Å²) in [4.78, 5) is 1.03. The van der Waals surface area contributed by atoms with Gasteiger partial charge in [0.1, 0.15) is 0 Å². The number of hydrogen-bond donors (Lipinski definition) is 1. The largest absolute Gasteiger partial charge is 0.505 e. The van der Waals surface area contributed by atoms with Crippen molar-refractivity contribution in [2.75, 3.05) is 0 Å². The number of halogens is 1. The molecule has 0 amide bonds. The average Bonchev–Trinajstić information content (AvgIpc) is 2.70. The minimum atomic E-state index is -0.570. The van der Waals surface area contributed by atoms with Gasteiger partial charge in [-0.3, -0.25) is 0 Å². The first-order valence-corrected chi connectivity index (χ1v) is 5.65. The Kier molecular flexibility index (Phi) is 2.73. The predicted molar refractivity (Wildman–Crippen MR) is 60.8 cm³/mol. The topological polar surface area (TPSA) is 20.2 Å². The number of thiophene rings is 1. The standard InChI is InChI=1S/C12H11FOS/c1-2-8-5-12(15-7-8)9-3-4-11(14)10(13)6-9/h3-7,14H,2H2,1H3. The number of hydrogen-bond acceptors (Lipinski definition) is 2. The molecule has 0 fully saturated rings. The maximum Gasteiger partial charge on any atom is 0.165 e. The molecule has 0 atom stereocenters. The van der Waals surface area contributed by atoms with Crippen molar-refractivity contribution in [3.8, 4) is 16.2 Å². The summed E-state index contributed by atoms with van der Waals surface area (Å²) >= 11 is 1.59. The Hall–Kier alpha value is -1.35. The van der Waals surface area contributed by atoms with Gasteiger partial charge in [0, 0.05) is 4.88 Å². The second-order valence-corrected chi connectivity index (χ2v) is 4.25. The quantitative estimate of drug-likeness (QED) is 0.819. The van der Waals surface area contributed by atoms with Crippen LogP contribution in [0, 0.1) is 5.82 Å². The van der Waals surface area contributed by atoms with E-state index in [1.807, 2.05) is 0 Å². The normalized spacial score (nSPS) is 10.5. The van der Waals surface area contributed by atoms with Gasteiger partial charge in [-0.25, -0.2) is 4.39 Å². The van der Waals surface area contributed by atoms with Crippen molar-refractivity contribution >= 4 is 11.3 Å². The molecule has 0 aliphatic carbocycles. The van der Waals surface area contributed by atoms with Crippen molar-refractivity contribution in [1.29, 1.82) is 0 Å². The Bertz CT molecular complexity index is 476. The predicted octanol–water partition coefficient (Wildman–Crippen LogP) is 3.82. The molecule has 15 heavy (non-hydrogen) atoms. The van der Waals surface area contributed by atoms with Crippen molar-refractivity contribution in [3.63, 3.8) is 0 Å². The minimum Gasteiger partial charge on any atom is -0.505 e. The summed E-state index contributed by atoms with van der Waals surface area (Å²) in [5.41, 5.74) is 2.07. The summed E-state index contributed by atoms with van der Waals surface area (Å²) in [6.07, 6.45) is 0.983. The minimum absolute atomic E-state index is 0.300. The van der Waals surface area contributed by atoms with Crippen LogP contribution in [0.5, 0.6) is 5.75 Å². The SMILES string of the molecule is CCc1csc(-c2ccc(O)c(F)c2)c1. The second-order valence-electron chi connectivity index (χ2n) is 3.34. The molecule has 1 heterocycles. The highest BCUT2D eigenvalue weighted by Gasteiger charge is 2.05. The zero-order valence-electron chi connectivity index (χ0n) is 8.33. The van der Waals surface area contributed by atoms with Crippen LogP contribution in [0.25, 0.3) is 10.4 Å². The third-order valence-corrected chi connectivity index (χ3v) is 3.32. The molecule has 0 saturated carbocycles. The number of phenols is 1. The fourth-order valence-corrected chi connectivity index (χ4v) is 2.37. The van der Waals surface area contributed by atoms with Gasteiger partial charge in [0.2, 0.25) is 0 Å². The van der Waals surface area contributed by atoms with Crippen LogP contribution in [0.15, 0.2) is 29.6 Å². The Morgan fingerprint density at radius 2 is 2.13 bits per heavy atom. The Labute approximate surface area is 91.8 Å². The van der Waals surface area contributed by atoms with Gasteiger partial charge in [0.15, 0.2) is 11.6 Å². The van der Waals surface area contributed by atoms with Gasteiger partial charge in [-0.1, -0.05) is 6.92 Å². The third-order valence-electron chi connectivity index (χ3n) is 2.29. The molecule has 0 saturated heterocycles. The van der Waals surface area contributed by atoms with E-state index in [2.05, 4.69) is 18.4 Å². The van der Waals surface area contributed by atoms with E-state index in [1.54, 1.807) is 17.4 Å². The van der Waals surface area contributed by atoms with Crippen LogP contribution in [0.3, 0.4) is 0 Å². The lowest BCUT2D eigenvalue weighted by atomic mass is 10.1. The zero-order valence-corrected chi connectivity index (χ0v) is 9.14. The van der Waals surface area contributed by atoms with E-state index < -0.39 is 5.82 Å². The van der Waals surface area contributed by atoms with Gasteiger partial charge in [-0.2, -0.15) is 0 Å². The van der Waals surface area contributed by atoms with E-state index >= 15 is 0 Å². The van der Waals surface area contributed by atoms with Crippen LogP contribution >= 0.6 is 11.3 Å². The highest BCUT2D eigenvalue weighted by atomic mass is 32.1. The van der Waals surface area contributed by atoms with Crippen molar-refractivity contribution in [2.24, 2.45) is 0 Å². The molecule has 78 valence electrons. The van der Waals surface area contributed by atoms with Gasteiger partial charge in [0.05, 0.1) is 0 Å². The van der Waals surface area contributed by atoms with E-state index in [0.29, 0.717) is 0 Å². The van der Waals surface area contributed by atoms with Crippen LogP contribution < -0.4 is 0 Å². The first-order chi connectivity index (χ1) is 7.20. The lowest BCUT2D eigenvalue weighted by molar-refractivity contribution is 0.432. The fourth-order valence-electron chi connectivity index (χ4n) is 1.37. The number of rotatable bonds is 2. The Balaban J connectivity index is 2.40. The highest BCUT2D eigenvalue weighted by Crippen LogP contribution is 2.30. The maximum atomic E-state index is 13.1. The summed E-state index contributed by atoms with van der Waals surface area (Å²) in [6, 6.07) is 6.52. The molecule has 2 rings (SSSR count). The Morgan fingerprint density at radius 1 is 1.33 bits per heavy atom. The number of aryl methyl sites for hydroxylation is 1. The average molecular weight is 222 g/mol. The van der Waals surface area contributed by atoms with Crippen molar-refractivity contribution in [1.82, 2.24) is 0 Å². The van der Waals surface area contributed by atoms with Gasteiger partial charge in [-0.15, -0.1) is 11.3 Å². The molecule has 1 aromatic heterocycles. The summed E-state index contributed by atoms with van der Waals surface area (Å²) < 4.78 is 13.1. The summed E-state index contributed by atoms with van der Waals surface area (Å²) in [5.74, 6) is -0.870. The monoisotopic (exact) mass is 222 g/mol. The van der Waals surface area contributed by atoms with Gasteiger partial charge >= 0.3 is 0 Å². The van der Waals surface area contributed by atoms with E-state index in [9.17, 15) is 4.39 Å². The zero-order chi connectivity index (χ0) is 10.8. The van der Waals surface area contributed by atoms with Crippen LogP contribution in [-0.2, 0) is 6.42 Å². The summed E-state index contributed by atoms with van der Waals surface area (Å²) in [6.45, 7) is 2.09. The lowest BCUT2D eigenvalue weighted by Gasteiger charge is -1.99. The number of aromatic hydroxyl groups is 1. The van der Waals surface area contributed by atoms with Crippen LogP contribution in [0.4, 0.5) is 4.39 Å². The molecule has 0 radical (unpaired) electrons. The molecular formula is C12H11FOS. The molecular weight excluding hydrogens is 211 g/mol.